The zero-order valence-corrected chi connectivity index (χ0v) is 21.4. The minimum atomic E-state index is -0.480. The van der Waals surface area contributed by atoms with Crippen LogP contribution in [-0.2, 0) is 20.9 Å². The van der Waals surface area contributed by atoms with Crippen LogP contribution in [-0.4, -0.2) is 18.0 Å². The number of carbonyl (C=O) groups is 2. The molecule has 0 atom stereocenters. The summed E-state index contributed by atoms with van der Waals surface area (Å²) in [6.45, 7) is 2.32. The average Bonchev–Trinajstić information content (AvgIpc) is 2.88. The molecule has 3 rings (SSSR count). The highest BCUT2D eigenvalue weighted by atomic mass is 16.5. The van der Waals surface area contributed by atoms with Crippen molar-refractivity contribution in [1.82, 2.24) is 0 Å². The maximum Gasteiger partial charge on any atom is 0.338 e. The molecule has 36 heavy (non-hydrogen) atoms. The van der Waals surface area contributed by atoms with Gasteiger partial charge in [-0.1, -0.05) is 63.6 Å². The van der Waals surface area contributed by atoms with Crippen molar-refractivity contribution in [2.75, 3.05) is 11.5 Å². The molecule has 1 aliphatic carbocycles. The van der Waals surface area contributed by atoms with Crippen molar-refractivity contribution in [3.05, 3.63) is 65.2 Å². The molecule has 1 saturated carbocycles. The van der Waals surface area contributed by atoms with Crippen LogP contribution in [0.3, 0.4) is 0 Å². The zero-order chi connectivity index (χ0) is 25.8. The number of nitrogen functional groups attached to an aromatic ring is 2. The van der Waals surface area contributed by atoms with Crippen LogP contribution in [0.1, 0.15) is 92.6 Å². The van der Waals surface area contributed by atoms with Crippen LogP contribution in [0.4, 0.5) is 11.4 Å². The molecule has 0 bridgehead atoms. The van der Waals surface area contributed by atoms with Gasteiger partial charge in [0, 0.05) is 23.0 Å². The Morgan fingerprint density at radius 1 is 0.944 bits per heavy atom. The minimum absolute atomic E-state index is 0.0123. The summed E-state index contributed by atoms with van der Waals surface area (Å²) in [5.74, 6) is 0.0171. The molecule has 1 aliphatic rings. The fraction of sp³-hybridized carbons (Fsp3) is 0.467. The molecule has 0 unspecified atom stereocenters. The summed E-state index contributed by atoms with van der Waals surface area (Å²) >= 11 is 0. The van der Waals surface area contributed by atoms with Crippen molar-refractivity contribution < 1.29 is 19.1 Å². The summed E-state index contributed by atoms with van der Waals surface area (Å²) in [5, 5.41) is 0. The van der Waals surface area contributed by atoms with Crippen molar-refractivity contribution in [3.63, 3.8) is 0 Å². The molecule has 6 nitrogen and oxygen atoms in total. The number of ether oxygens (including phenoxy) is 2. The Labute approximate surface area is 215 Å². The fourth-order valence-corrected chi connectivity index (χ4v) is 4.63. The van der Waals surface area contributed by atoms with E-state index < -0.39 is 5.97 Å². The summed E-state index contributed by atoms with van der Waals surface area (Å²) in [6, 6.07) is 12.1. The van der Waals surface area contributed by atoms with Gasteiger partial charge in [0.05, 0.1) is 5.56 Å². The summed E-state index contributed by atoms with van der Waals surface area (Å²) in [7, 11) is 0. The van der Waals surface area contributed by atoms with Crippen LogP contribution in [0.5, 0.6) is 0 Å². The summed E-state index contributed by atoms with van der Waals surface area (Å²) < 4.78 is 11.0. The van der Waals surface area contributed by atoms with Gasteiger partial charge in [-0.15, -0.1) is 0 Å². The topological polar surface area (TPSA) is 105 Å². The van der Waals surface area contributed by atoms with Gasteiger partial charge in [-0.2, -0.15) is 0 Å². The third-order valence-electron chi connectivity index (χ3n) is 6.88. The van der Waals surface area contributed by atoms with E-state index in [1.165, 1.54) is 44.6 Å². The van der Waals surface area contributed by atoms with Gasteiger partial charge < -0.3 is 20.9 Å². The third kappa shape index (κ3) is 9.06. The molecule has 0 heterocycles. The summed E-state index contributed by atoms with van der Waals surface area (Å²) in [6.07, 6.45) is 15.2. The van der Waals surface area contributed by atoms with E-state index in [1.807, 2.05) is 0 Å². The molecule has 0 aromatic heterocycles. The monoisotopic (exact) mass is 492 g/mol. The first kappa shape index (κ1) is 27.3. The molecule has 4 N–H and O–H groups in total. The maximum absolute atomic E-state index is 12.6. The predicted molar refractivity (Wildman–Crippen MR) is 145 cm³/mol. The Morgan fingerprint density at radius 2 is 1.67 bits per heavy atom. The van der Waals surface area contributed by atoms with Crippen LogP contribution in [0.25, 0.3) is 6.08 Å². The lowest BCUT2D eigenvalue weighted by Crippen LogP contribution is -2.24. The second-order valence-electron chi connectivity index (χ2n) is 9.77. The normalized spacial score (nSPS) is 17.7. The Kier molecular flexibility index (Phi) is 10.9. The summed E-state index contributed by atoms with van der Waals surface area (Å²) in [5.41, 5.74) is 14.6. The van der Waals surface area contributed by atoms with Crippen molar-refractivity contribution in [1.29, 1.82) is 0 Å². The fourth-order valence-electron chi connectivity index (χ4n) is 4.63. The van der Waals surface area contributed by atoms with E-state index >= 15 is 0 Å². The Morgan fingerprint density at radius 3 is 2.36 bits per heavy atom. The molecule has 0 spiro atoms. The lowest BCUT2D eigenvalue weighted by molar-refractivity contribution is -0.138. The molecule has 0 radical (unpaired) electrons. The molecule has 194 valence electrons. The first-order valence-corrected chi connectivity index (χ1v) is 13.2. The second kappa shape index (κ2) is 14.3. The van der Waals surface area contributed by atoms with Crippen molar-refractivity contribution in [2.24, 2.45) is 5.92 Å². The smallest absolute Gasteiger partial charge is 0.338 e. The second-order valence-corrected chi connectivity index (χ2v) is 9.77. The van der Waals surface area contributed by atoms with Gasteiger partial charge in [-0.05, 0) is 67.5 Å². The van der Waals surface area contributed by atoms with Crippen LogP contribution in [0.2, 0.25) is 0 Å². The predicted octanol–water partition coefficient (Wildman–Crippen LogP) is 6.68. The number of esters is 2. The number of nitrogens with two attached hydrogens (primary N) is 2. The van der Waals surface area contributed by atoms with Crippen LogP contribution in [0, 0.1) is 5.92 Å². The van der Waals surface area contributed by atoms with Gasteiger partial charge >= 0.3 is 11.9 Å². The number of benzene rings is 2. The van der Waals surface area contributed by atoms with Gasteiger partial charge in [0.25, 0.3) is 0 Å². The molecule has 0 saturated heterocycles. The first-order chi connectivity index (χ1) is 17.4. The number of rotatable bonds is 12. The minimum Gasteiger partial charge on any atom is -0.459 e. The molecule has 1 fully saturated rings. The van der Waals surface area contributed by atoms with Gasteiger partial charge in [-0.3, -0.25) is 0 Å². The highest BCUT2D eigenvalue weighted by Gasteiger charge is 2.24. The standard InChI is InChI=1S/C30H40N2O4/c1-2-3-4-5-6-7-22-10-17-27(18-11-22)36-30(34)24-13-8-23(9-14-24)12-19-29(33)35-21-25-15-16-26(31)20-28(25)32/h8-9,12-16,19-20,22,27H,2-7,10-11,17-18,21,31-32H2,1H3. The highest BCUT2D eigenvalue weighted by molar-refractivity contribution is 5.90. The largest absolute Gasteiger partial charge is 0.459 e. The van der Waals surface area contributed by atoms with Gasteiger partial charge in [0.2, 0.25) is 0 Å². The summed E-state index contributed by atoms with van der Waals surface area (Å²) in [4.78, 5) is 24.6. The highest BCUT2D eigenvalue weighted by Crippen LogP contribution is 2.30. The van der Waals surface area contributed by atoms with E-state index in [2.05, 4.69) is 6.92 Å². The Hall–Kier alpha value is -3.28. The molecule has 2 aromatic rings. The quantitative estimate of drug-likeness (QED) is 0.148. The van der Waals surface area contributed by atoms with Crippen LogP contribution in [0.15, 0.2) is 48.5 Å². The molecule has 2 aromatic carbocycles. The first-order valence-electron chi connectivity index (χ1n) is 13.2. The lowest BCUT2D eigenvalue weighted by Gasteiger charge is -2.28. The third-order valence-corrected chi connectivity index (χ3v) is 6.88. The Bertz CT molecular complexity index is 1010. The molecule has 0 amide bonds. The maximum atomic E-state index is 12.6. The molecular formula is C30H40N2O4. The number of hydrogen-bond acceptors (Lipinski definition) is 6. The van der Waals surface area contributed by atoms with E-state index in [4.69, 9.17) is 20.9 Å². The molecule has 6 heteroatoms. The number of carbonyl (C=O) groups excluding carboxylic acids is 2. The Balaban J connectivity index is 1.38. The number of anilines is 2. The van der Waals surface area contributed by atoms with Gasteiger partial charge in [0.15, 0.2) is 0 Å². The van der Waals surface area contributed by atoms with E-state index in [9.17, 15) is 9.59 Å². The lowest BCUT2D eigenvalue weighted by atomic mass is 9.84. The zero-order valence-electron chi connectivity index (χ0n) is 21.4. The molecule has 0 aliphatic heterocycles. The van der Waals surface area contributed by atoms with E-state index in [-0.39, 0.29) is 18.7 Å². The van der Waals surface area contributed by atoms with E-state index in [0.29, 0.717) is 22.5 Å². The van der Waals surface area contributed by atoms with Crippen LogP contribution >= 0.6 is 0 Å². The van der Waals surface area contributed by atoms with Crippen LogP contribution < -0.4 is 11.5 Å². The number of hydrogen-bond donors (Lipinski definition) is 2. The van der Waals surface area contributed by atoms with Gasteiger partial charge in [0.1, 0.15) is 12.7 Å². The van der Waals surface area contributed by atoms with Crippen molar-refractivity contribution in [2.45, 2.75) is 83.8 Å². The SMILES string of the molecule is CCCCCCCC1CCC(OC(=O)c2ccc(C=CC(=O)OCc3ccc(N)cc3N)cc2)CC1. The average molecular weight is 493 g/mol. The van der Waals surface area contributed by atoms with E-state index in [1.54, 1.807) is 48.5 Å². The van der Waals surface area contributed by atoms with E-state index in [0.717, 1.165) is 37.2 Å². The molecular weight excluding hydrogens is 452 g/mol. The van der Waals surface area contributed by atoms with Crippen molar-refractivity contribution in [3.8, 4) is 0 Å². The van der Waals surface area contributed by atoms with Crippen molar-refractivity contribution >= 4 is 29.4 Å². The van der Waals surface area contributed by atoms with Gasteiger partial charge in [-0.25, -0.2) is 9.59 Å². The number of unbranched alkanes of at least 4 members (excludes halogenated alkanes) is 4.